The molecule has 29 heavy (non-hydrogen) atoms. The molecule has 1 saturated heterocycles. The van der Waals surface area contributed by atoms with Gasteiger partial charge in [-0.05, 0) is 56.9 Å². The van der Waals surface area contributed by atoms with E-state index in [0.717, 1.165) is 50.4 Å². The van der Waals surface area contributed by atoms with Crippen molar-refractivity contribution in [2.45, 2.75) is 59.7 Å². The molecule has 0 bridgehead atoms. The second kappa shape index (κ2) is 12.3. The first-order valence-corrected chi connectivity index (χ1v) is 11.1. The normalized spacial score (nSPS) is 17.1. The fourth-order valence-electron chi connectivity index (χ4n) is 3.35. The Balaban J connectivity index is 1.65. The molecular weight excluding hydrogens is 366 g/mol. The molecule has 1 aliphatic rings. The standard InChI is InChI=1S/C24H39NO4/c1-18(2)20(5)24(26)21-6-8-22(9-7-21)29-23-10-12-25(13-11-23)14-15-27-16-17-28-19(3)4/h6-9,18-20,23H,10-17H2,1-5H3. The van der Waals surface area contributed by atoms with Gasteiger partial charge in [-0.25, -0.2) is 0 Å². The van der Waals surface area contributed by atoms with Gasteiger partial charge in [0, 0.05) is 31.1 Å². The van der Waals surface area contributed by atoms with E-state index in [1.54, 1.807) is 0 Å². The quantitative estimate of drug-likeness (QED) is 0.380. The van der Waals surface area contributed by atoms with Gasteiger partial charge >= 0.3 is 0 Å². The van der Waals surface area contributed by atoms with Crippen molar-refractivity contribution in [3.8, 4) is 5.75 Å². The summed E-state index contributed by atoms with van der Waals surface area (Å²) < 4.78 is 17.3. The van der Waals surface area contributed by atoms with E-state index in [9.17, 15) is 4.79 Å². The van der Waals surface area contributed by atoms with Gasteiger partial charge in [0.2, 0.25) is 0 Å². The molecule has 5 heteroatoms. The zero-order valence-corrected chi connectivity index (χ0v) is 18.9. The molecule has 0 aromatic heterocycles. The second-order valence-corrected chi connectivity index (χ2v) is 8.61. The van der Waals surface area contributed by atoms with Crippen molar-refractivity contribution in [1.82, 2.24) is 4.90 Å². The molecular formula is C24H39NO4. The third-order valence-corrected chi connectivity index (χ3v) is 5.62. The van der Waals surface area contributed by atoms with Gasteiger partial charge in [-0.1, -0.05) is 20.8 Å². The van der Waals surface area contributed by atoms with Crippen LogP contribution in [0.15, 0.2) is 24.3 Å². The van der Waals surface area contributed by atoms with E-state index in [-0.39, 0.29) is 23.9 Å². The number of hydrogen-bond donors (Lipinski definition) is 0. The Morgan fingerprint density at radius 3 is 2.24 bits per heavy atom. The van der Waals surface area contributed by atoms with E-state index >= 15 is 0 Å². The largest absolute Gasteiger partial charge is 0.490 e. The molecule has 5 nitrogen and oxygen atoms in total. The number of ketones is 1. The monoisotopic (exact) mass is 405 g/mol. The minimum Gasteiger partial charge on any atom is -0.490 e. The van der Waals surface area contributed by atoms with Gasteiger partial charge in [0.25, 0.3) is 0 Å². The Morgan fingerprint density at radius 2 is 1.66 bits per heavy atom. The summed E-state index contributed by atoms with van der Waals surface area (Å²) in [5.74, 6) is 1.45. The van der Waals surface area contributed by atoms with Crippen molar-refractivity contribution < 1.29 is 19.0 Å². The highest BCUT2D eigenvalue weighted by Crippen LogP contribution is 2.22. The lowest BCUT2D eigenvalue weighted by Gasteiger charge is -2.32. The topological polar surface area (TPSA) is 48.0 Å². The molecule has 1 fully saturated rings. The molecule has 0 radical (unpaired) electrons. The fourth-order valence-corrected chi connectivity index (χ4v) is 3.35. The zero-order valence-electron chi connectivity index (χ0n) is 18.9. The molecule has 2 rings (SSSR count). The molecule has 1 aromatic carbocycles. The molecule has 0 spiro atoms. The van der Waals surface area contributed by atoms with E-state index in [1.807, 2.05) is 45.0 Å². The van der Waals surface area contributed by atoms with Gasteiger partial charge in [-0.2, -0.15) is 0 Å². The van der Waals surface area contributed by atoms with Crippen LogP contribution in [0.1, 0.15) is 57.8 Å². The number of benzene rings is 1. The van der Waals surface area contributed by atoms with Crippen molar-refractivity contribution >= 4 is 5.78 Å². The van der Waals surface area contributed by atoms with E-state index in [1.165, 1.54) is 0 Å². The van der Waals surface area contributed by atoms with Crippen LogP contribution in [0.3, 0.4) is 0 Å². The van der Waals surface area contributed by atoms with Crippen LogP contribution in [0.25, 0.3) is 0 Å². The maximum atomic E-state index is 12.4. The minimum atomic E-state index is 0.0396. The Bertz CT molecular complexity index is 591. The summed E-state index contributed by atoms with van der Waals surface area (Å²) in [5.41, 5.74) is 0.771. The molecule has 1 aromatic rings. The zero-order chi connectivity index (χ0) is 21.2. The van der Waals surface area contributed by atoms with Crippen LogP contribution in [0.4, 0.5) is 0 Å². The lowest BCUT2D eigenvalue weighted by Crippen LogP contribution is -2.39. The third-order valence-electron chi connectivity index (χ3n) is 5.62. The second-order valence-electron chi connectivity index (χ2n) is 8.61. The molecule has 1 aliphatic heterocycles. The molecule has 0 amide bonds. The van der Waals surface area contributed by atoms with Crippen LogP contribution in [0.2, 0.25) is 0 Å². The van der Waals surface area contributed by atoms with Crippen LogP contribution < -0.4 is 4.74 Å². The Kier molecular flexibility index (Phi) is 10.1. The summed E-state index contributed by atoms with van der Waals surface area (Å²) >= 11 is 0. The molecule has 0 N–H and O–H groups in total. The maximum absolute atomic E-state index is 12.4. The Morgan fingerprint density at radius 1 is 1.00 bits per heavy atom. The first kappa shape index (κ1) is 23.8. The van der Waals surface area contributed by atoms with Crippen LogP contribution >= 0.6 is 0 Å². The SMILES string of the molecule is CC(C)OCCOCCN1CCC(Oc2ccc(C(=O)C(C)C(C)C)cc2)CC1. The summed E-state index contributed by atoms with van der Waals surface area (Å²) in [5, 5.41) is 0. The summed E-state index contributed by atoms with van der Waals surface area (Å²) in [7, 11) is 0. The summed E-state index contributed by atoms with van der Waals surface area (Å²) in [6.45, 7) is 15.3. The van der Waals surface area contributed by atoms with Crippen molar-refractivity contribution in [2.24, 2.45) is 11.8 Å². The van der Waals surface area contributed by atoms with Crippen LogP contribution in [0.5, 0.6) is 5.75 Å². The fraction of sp³-hybridized carbons (Fsp3) is 0.708. The van der Waals surface area contributed by atoms with E-state index in [4.69, 9.17) is 14.2 Å². The number of Topliss-reactive ketones (excluding diaryl/α,β-unsaturated/α-hetero) is 1. The number of nitrogens with zero attached hydrogens (tertiary/aromatic N) is 1. The summed E-state index contributed by atoms with van der Waals surface area (Å²) in [4.78, 5) is 14.9. The van der Waals surface area contributed by atoms with Gasteiger partial charge < -0.3 is 19.1 Å². The van der Waals surface area contributed by atoms with Gasteiger partial charge in [-0.15, -0.1) is 0 Å². The van der Waals surface area contributed by atoms with E-state index in [0.29, 0.717) is 19.1 Å². The number of likely N-dealkylation sites (tertiary alicyclic amines) is 1. The molecule has 1 atom stereocenters. The highest BCUT2D eigenvalue weighted by Gasteiger charge is 2.21. The summed E-state index contributed by atoms with van der Waals surface area (Å²) in [6.07, 6.45) is 2.53. The first-order chi connectivity index (χ1) is 13.9. The highest BCUT2D eigenvalue weighted by molar-refractivity contribution is 5.97. The lowest BCUT2D eigenvalue weighted by atomic mass is 9.90. The van der Waals surface area contributed by atoms with Gasteiger partial charge in [-0.3, -0.25) is 4.79 Å². The molecule has 0 saturated carbocycles. The molecule has 1 heterocycles. The number of piperidine rings is 1. The van der Waals surface area contributed by atoms with Crippen LogP contribution in [-0.2, 0) is 9.47 Å². The minimum absolute atomic E-state index is 0.0396. The van der Waals surface area contributed by atoms with E-state index in [2.05, 4.69) is 18.7 Å². The number of ether oxygens (including phenoxy) is 3. The lowest BCUT2D eigenvalue weighted by molar-refractivity contribution is 0.00963. The number of carbonyl (C=O) groups is 1. The van der Waals surface area contributed by atoms with E-state index < -0.39 is 0 Å². The molecule has 164 valence electrons. The first-order valence-electron chi connectivity index (χ1n) is 11.1. The number of carbonyl (C=O) groups excluding carboxylic acids is 1. The number of rotatable bonds is 12. The average molecular weight is 406 g/mol. The molecule has 0 aliphatic carbocycles. The van der Waals surface area contributed by atoms with Gasteiger partial charge in [0.15, 0.2) is 5.78 Å². The Labute approximate surface area is 176 Å². The van der Waals surface area contributed by atoms with Gasteiger partial charge in [0.1, 0.15) is 11.9 Å². The predicted molar refractivity (Wildman–Crippen MR) is 117 cm³/mol. The maximum Gasteiger partial charge on any atom is 0.165 e. The Hall–Kier alpha value is -1.43. The van der Waals surface area contributed by atoms with Crippen LogP contribution in [-0.4, -0.2) is 62.3 Å². The average Bonchev–Trinajstić information content (AvgIpc) is 2.71. The third kappa shape index (κ3) is 8.45. The van der Waals surface area contributed by atoms with Crippen molar-refractivity contribution in [2.75, 3.05) is 39.5 Å². The van der Waals surface area contributed by atoms with Crippen LogP contribution in [0, 0.1) is 11.8 Å². The van der Waals surface area contributed by atoms with Crippen molar-refractivity contribution in [3.63, 3.8) is 0 Å². The van der Waals surface area contributed by atoms with Crippen molar-refractivity contribution in [3.05, 3.63) is 29.8 Å². The molecule has 1 unspecified atom stereocenters. The summed E-state index contributed by atoms with van der Waals surface area (Å²) in [6, 6.07) is 7.65. The predicted octanol–water partition coefficient (Wildman–Crippen LogP) is 4.45. The number of hydrogen-bond acceptors (Lipinski definition) is 5. The van der Waals surface area contributed by atoms with Gasteiger partial charge in [0.05, 0.1) is 25.9 Å². The van der Waals surface area contributed by atoms with Crippen molar-refractivity contribution in [1.29, 1.82) is 0 Å². The smallest absolute Gasteiger partial charge is 0.165 e. The highest BCUT2D eigenvalue weighted by atomic mass is 16.5.